The van der Waals surface area contributed by atoms with Crippen LogP contribution in [0.25, 0.3) is 0 Å². The lowest BCUT2D eigenvalue weighted by Gasteiger charge is -1.97. The molecule has 1 aromatic rings. The third-order valence-electron chi connectivity index (χ3n) is 1.19. The molecule has 0 aliphatic rings. The van der Waals surface area contributed by atoms with Crippen molar-refractivity contribution in [2.24, 2.45) is 0 Å². The van der Waals surface area contributed by atoms with E-state index in [1.807, 2.05) is 0 Å². The van der Waals surface area contributed by atoms with Gasteiger partial charge in [0.15, 0.2) is 0 Å². The van der Waals surface area contributed by atoms with Gasteiger partial charge in [-0.15, -0.1) is 0 Å². The minimum atomic E-state index is -4.29. The SMILES string of the molecule is F.O=S(=O)(O)c1ccc(F)c(Cl)c1. The Balaban J connectivity index is 0.00000144. The first kappa shape index (κ1) is 12.3. The Morgan fingerprint density at radius 2 is 1.92 bits per heavy atom. The largest absolute Gasteiger partial charge is 0.294 e. The highest BCUT2D eigenvalue weighted by Crippen LogP contribution is 2.18. The molecule has 1 aromatic carbocycles. The highest BCUT2D eigenvalue weighted by molar-refractivity contribution is 7.85. The van der Waals surface area contributed by atoms with Crippen LogP contribution in [0, 0.1) is 5.82 Å². The molecule has 0 amide bonds. The summed E-state index contributed by atoms with van der Waals surface area (Å²) in [6.07, 6.45) is 0. The van der Waals surface area contributed by atoms with Gasteiger partial charge in [-0.05, 0) is 18.2 Å². The van der Waals surface area contributed by atoms with Crippen LogP contribution in [-0.4, -0.2) is 13.0 Å². The number of hydrogen-bond acceptors (Lipinski definition) is 2. The number of halogens is 3. The minimum absolute atomic E-state index is 0. The summed E-state index contributed by atoms with van der Waals surface area (Å²) in [6.45, 7) is 0. The van der Waals surface area contributed by atoms with Crippen molar-refractivity contribution in [3.63, 3.8) is 0 Å². The molecule has 0 aliphatic heterocycles. The Morgan fingerprint density at radius 3 is 2.31 bits per heavy atom. The lowest BCUT2D eigenvalue weighted by molar-refractivity contribution is 0.483. The predicted molar refractivity (Wildman–Crippen MR) is 43.7 cm³/mol. The van der Waals surface area contributed by atoms with Crippen LogP contribution < -0.4 is 0 Å². The summed E-state index contributed by atoms with van der Waals surface area (Å²) in [5.74, 6) is -0.732. The van der Waals surface area contributed by atoms with Gasteiger partial charge < -0.3 is 0 Å². The van der Waals surface area contributed by atoms with Crippen molar-refractivity contribution in [2.75, 3.05) is 0 Å². The molecular weight excluding hydrogens is 226 g/mol. The summed E-state index contributed by atoms with van der Waals surface area (Å²) in [5, 5.41) is -0.342. The van der Waals surface area contributed by atoms with E-state index in [4.69, 9.17) is 16.2 Å². The third-order valence-corrected chi connectivity index (χ3v) is 2.33. The molecule has 0 atom stereocenters. The van der Waals surface area contributed by atoms with Crippen LogP contribution in [0.2, 0.25) is 5.02 Å². The molecule has 74 valence electrons. The molecule has 0 spiro atoms. The fraction of sp³-hybridized carbons (Fsp3) is 0. The quantitative estimate of drug-likeness (QED) is 0.750. The zero-order valence-corrected chi connectivity index (χ0v) is 7.64. The van der Waals surface area contributed by atoms with E-state index in [0.29, 0.717) is 0 Å². The van der Waals surface area contributed by atoms with E-state index in [1.165, 1.54) is 0 Å². The van der Waals surface area contributed by atoms with Crippen molar-refractivity contribution in [3.8, 4) is 0 Å². The van der Waals surface area contributed by atoms with Crippen LogP contribution >= 0.6 is 11.6 Å². The third kappa shape index (κ3) is 2.91. The molecule has 0 fully saturated rings. The lowest BCUT2D eigenvalue weighted by Crippen LogP contribution is -1.97. The molecule has 0 radical (unpaired) electrons. The molecule has 7 heteroatoms. The van der Waals surface area contributed by atoms with Crippen LogP contribution in [0.4, 0.5) is 9.09 Å². The van der Waals surface area contributed by atoms with Crippen LogP contribution in [0.5, 0.6) is 0 Å². The molecule has 1 rings (SSSR count). The van der Waals surface area contributed by atoms with E-state index in [1.54, 1.807) is 0 Å². The Kier molecular flexibility index (Phi) is 3.77. The van der Waals surface area contributed by atoms with E-state index in [0.717, 1.165) is 18.2 Å². The second kappa shape index (κ2) is 3.99. The maximum absolute atomic E-state index is 12.5. The summed E-state index contributed by atoms with van der Waals surface area (Å²) in [7, 11) is -4.29. The first-order chi connectivity index (χ1) is 5.41. The topological polar surface area (TPSA) is 54.4 Å². The maximum atomic E-state index is 12.5. The molecule has 0 bridgehead atoms. The van der Waals surface area contributed by atoms with Gasteiger partial charge in [0.25, 0.3) is 10.1 Å². The average Bonchev–Trinajstić information content (AvgIpc) is 1.92. The molecule has 0 saturated carbocycles. The summed E-state index contributed by atoms with van der Waals surface area (Å²) in [5.41, 5.74) is 0. The van der Waals surface area contributed by atoms with Gasteiger partial charge in [0.2, 0.25) is 0 Å². The standard InChI is InChI=1S/C6H4ClFO3S.FH/c7-5-3-4(12(9,10)11)1-2-6(5)8;/h1-3H,(H,9,10,11);1H. The Bertz CT molecular complexity index is 404. The number of hydrogen-bond donors (Lipinski definition) is 1. The van der Waals surface area contributed by atoms with Gasteiger partial charge in [-0.3, -0.25) is 9.26 Å². The van der Waals surface area contributed by atoms with E-state index in [9.17, 15) is 12.8 Å². The Morgan fingerprint density at radius 1 is 1.38 bits per heavy atom. The van der Waals surface area contributed by atoms with E-state index >= 15 is 0 Å². The first-order valence-corrected chi connectivity index (χ1v) is 4.65. The van der Waals surface area contributed by atoms with Crippen molar-refractivity contribution in [2.45, 2.75) is 4.90 Å². The van der Waals surface area contributed by atoms with Crippen molar-refractivity contribution < 1.29 is 22.1 Å². The molecule has 0 saturated heterocycles. The van der Waals surface area contributed by atoms with E-state index in [2.05, 4.69) is 0 Å². The van der Waals surface area contributed by atoms with Gasteiger partial charge in [0.1, 0.15) is 5.82 Å². The fourth-order valence-corrected chi connectivity index (χ4v) is 1.39. The molecular formula is C6H5ClF2O3S. The van der Waals surface area contributed by atoms with Gasteiger partial charge in [-0.2, -0.15) is 8.42 Å². The molecule has 0 unspecified atom stereocenters. The summed E-state index contributed by atoms with van der Waals surface area (Å²) < 4.78 is 41.9. The molecule has 1 N–H and O–H groups in total. The monoisotopic (exact) mass is 230 g/mol. The van der Waals surface area contributed by atoms with Crippen molar-refractivity contribution in [1.29, 1.82) is 0 Å². The summed E-state index contributed by atoms with van der Waals surface area (Å²) in [4.78, 5) is -0.422. The zero-order valence-electron chi connectivity index (χ0n) is 6.07. The van der Waals surface area contributed by atoms with Gasteiger partial charge in [-0.25, -0.2) is 4.39 Å². The molecule has 0 aliphatic carbocycles. The highest BCUT2D eigenvalue weighted by Gasteiger charge is 2.11. The van der Waals surface area contributed by atoms with Gasteiger partial charge in [-0.1, -0.05) is 11.6 Å². The van der Waals surface area contributed by atoms with Crippen molar-refractivity contribution in [1.82, 2.24) is 0 Å². The van der Waals surface area contributed by atoms with Crippen molar-refractivity contribution in [3.05, 3.63) is 29.0 Å². The normalized spacial score (nSPS) is 10.7. The van der Waals surface area contributed by atoms with Gasteiger partial charge in [0, 0.05) is 0 Å². The molecule has 3 nitrogen and oxygen atoms in total. The van der Waals surface area contributed by atoms with Crippen LogP contribution in [0.1, 0.15) is 0 Å². The second-order valence-electron chi connectivity index (χ2n) is 2.05. The fourth-order valence-electron chi connectivity index (χ4n) is 0.637. The minimum Gasteiger partial charge on any atom is -0.282 e. The highest BCUT2D eigenvalue weighted by atomic mass is 35.5. The molecule has 0 aromatic heterocycles. The Hall–Kier alpha value is -0.720. The van der Waals surface area contributed by atoms with Crippen LogP contribution in [0.15, 0.2) is 23.1 Å². The predicted octanol–water partition coefficient (Wildman–Crippen LogP) is 1.88. The smallest absolute Gasteiger partial charge is 0.282 e. The number of benzene rings is 1. The van der Waals surface area contributed by atoms with E-state index < -0.39 is 20.8 Å². The molecule has 13 heavy (non-hydrogen) atoms. The maximum Gasteiger partial charge on any atom is 0.294 e. The van der Waals surface area contributed by atoms with E-state index in [-0.39, 0.29) is 9.73 Å². The van der Waals surface area contributed by atoms with Crippen LogP contribution in [-0.2, 0) is 10.1 Å². The van der Waals surface area contributed by atoms with Gasteiger partial charge in [0.05, 0.1) is 9.92 Å². The van der Waals surface area contributed by atoms with Crippen LogP contribution in [0.3, 0.4) is 0 Å². The summed E-state index contributed by atoms with van der Waals surface area (Å²) in [6, 6.07) is 2.63. The van der Waals surface area contributed by atoms with Crippen molar-refractivity contribution >= 4 is 21.7 Å². The Labute approximate surface area is 78.3 Å². The second-order valence-corrected chi connectivity index (χ2v) is 3.88. The lowest BCUT2D eigenvalue weighted by atomic mass is 10.3. The molecule has 0 heterocycles. The zero-order chi connectivity index (χ0) is 9.35. The number of rotatable bonds is 1. The first-order valence-electron chi connectivity index (χ1n) is 2.84. The average molecular weight is 231 g/mol. The van der Waals surface area contributed by atoms with Gasteiger partial charge >= 0.3 is 0 Å². The summed E-state index contributed by atoms with van der Waals surface area (Å²) >= 11 is 5.27.